The van der Waals surface area contributed by atoms with E-state index < -0.39 is 0 Å². The highest BCUT2D eigenvalue weighted by molar-refractivity contribution is 9.10. The van der Waals surface area contributed by atoms with Gasteiger partial charge in [-0.2, -0.15) is 0 Å². The first-order valence-corrected chi connectivity index (χ1v) is 7.89. The maximum Gasteiger partial charge on any atom is 0.227 e. The lowest BCUT2D eigenvalue weighted by Gasteiger charge is -2.06. The van der Waals surface area contributed by atoms with E-state index in [0.717, 1.165) is 31.9 Å². The van der Waals surface area contributed by atoms with Crippen LogP contribution in [-0.4, -0.2) is 4.98 Å². The van der Waals surface area contributed by atoms with Crippen molar-refractivity contribution in [2.75, 3.05) is 0 Å². The summed E-state index contributed by atoms with van der Waals surface area (Å²) in [5.41, 5.74) is 2.88. The molecule has 2 aliphatic rings. The summed E-state index contributed by atoms with van der Waals surface area (Å²) in [5.74, 6) is 0.691. The number of benzene rings is 3. The molecule has 0 aromatic heterocycles. The van der Waals surface area contributed by atoms with Crippen LogP contribution in [0, 0.1) is 0 Å². The highest BCUT2D eigenvalue weighted by Crippen LogP contribution is 2.37. The molecule has 0 atom stereocenters. The van der Waals surface area contributed by atoms with Crippen LogP contribution in [-0.2, 0) is 0 Å². The van der Waals surface area contributed by atoms with Crippen LogP contribution >= 0.6 is 15.9 Å². The van der Waals surface area contributed by atoms with E-state index in [1.807, 2.05) is 18.2 Å². The molecule has 2 aliphatic heterocycles. The van der Waals surface area contributed by atoms with Gasteiger partial charge in [0.2, 0.25) is 5.89 Å². The molecule has 0 amide bonds. The van der Waals surface area contributed by atoms with Crippen LogP contribution in [0.25, 0.3) is 44.1 Å². The summed E-state index contributed by atoms with van der Waals surface area (Å²) in [5, 5.41) is 4.66. The molecule has 5 rings (SSSR count). The van der Waals surface area contributed by atoms with Gasteiger partial charge in [-0.1, -0.05) is 46.3 Å². The molecule has 3 heteroatoms. The molecule has 0 radical (unpaired) electrons. The smallest absolute Gasteiger partial charge is 0.227 e. The SMILES string of the molecule is Brc1ccc2nc3oc4ccc5ccccc5c4cc-3c2c1. The van der Waals surface area contributed by atoms with Crippen molar-refractivity contribution in [1.29, 1.82) is 0 Å². The Labute approximate surface area is 134 Å². The van der Waals surface area contributed by atoms with Crippen LogP contribution in [0.5, 0.6) is 0 Å². The van der Waals surface area contributed by atoms with Crippen molar-refractivity contribution in [3.05, 3.63) is 65.1 Å². The largest absolute Gasteiger partial charge is 0.438 e. The second-order valence-electron chi connectivity index (χ2n) is 5.44. The van der Waals surface area contributed by atoms with Gasteiger partial charge < -0.3 is 4.42 Å². The Bertz CT molecular complexity index is 1140. The molecule has 0 bridgehead atoms. The molecule has 0 saturated carbocycles. The predicted molar refractivity (Wildman–Crippen MR) is 93.3 cm³/mol. The number of hydrogen-bond acceptors (Lipinski definition) is 2. The Morgan fingerprint density at radius 1 is 0.818 bits per heavy atom. The average molecular weight is 348 g/mol. The molecule has 0 saturated heterocycles. The fourth-order valence-electron chi connectivity index (χ4n) is 3.09. The fraction of sp³-hybridized carbons (Fsp3) is 0. The normalized spacial score (nSPS) is 11.9. The molecular weight excluding hydrogens is 338 g/mol. The van der Waals surface area contributed by atoms with Crippen molar-refractivity contribution in [2.24, 2.45) is 0 Å². The monoisotopic (exact) mass is 347 g/mol. The van der Waals surface area contributed by atoms with E-state index >= 15 is 0 Å². The maximum absolute atomic E-state index is 6.05. The van der Waals surface area contributed by atoms with Crippen molar-refractivity contribution in [2.45, 2.75) is 0 Å². The van der Waals surface area contributed by atoms with Crippen LogP contribution in [0.2, 0.25) is 0 Å². The van der Waals surface area contributed by atoms with Crippen LogP contribution in [0.15, 0.2) is 69.6 Å². The second-order valence-corrected chi connectivity index (χ2v) is 6.35. The van der Waals surface area contributed by atoms with Crippen molar-refractivity contribution < 1.29 is 4.42 Å². The zero-order valence-electron chi connectivity index (χ0n) is 11.5. The van der Waals surface area contributed by atoms with Gasteiger partial charge in [0.15, 0.2) is 0 Å². The molecule has 104 valence electrons. The van der Waals surface area contributed by atoms with Gasteiger partial charge in [-0.3, -0.25) is 0 Å². The lowest BCUT2D eigenvalue weighted by atomic mass is 10.0. The Kier molecular flexibility index (Phi) is 2.38. The van der Waals surface area contributed by atoms with Crippen molar-refractivity contribution in [3.63, 3.8) is 0 Å². The Morgan fingerprint density at radius 2 is 1.73 bits per heavy atom. The van der Waals surface area contributed by atoms with Crippen LogP contribution in [0.1, 0.15) is 0 Å². The van der Waals surface area contributed by atoms with Gasteiger partial charge in [-0.05, 0) is 41.1 Å². The number of aromatic nitrogens is 1. The van der Waals surface area contributed by atoms with Gasteiger partial charge in [-0.25, -0.2) is 4.98 Å². The Hall–Kier alpha value is -2.39. The predicted octanol–water partition coefficient (Wildman–Crippen LogP) is 6.00. The van der Waals surface area contributed by atoms with Crippen LogP contribution in [0.3, 0.4) is 0 Å². The average Bonchev–Trinajstić information content (AvgIpc) is 2.90. The first kappa shape index (κ1) is 12.2. The Morgan fingerprint density at radius 3 is 2.68 bits per heavy atom. The lowest BCUT2D eigenvalue weighted by Crippen LogP contribution is -1.82. The van der Waals surface area contributed by atoms with Gasteiger partial charge in [0.25, 0.3) is 0 Å². The first-order valence-electron chi connectivity index (χ1n) is 7.10. The first-order chi connectivity index (χ1) is 10.8. The third-order valence-electron chi connectivity index (χ3n) is 4.13. The zero-order valence-corrected chi connectivity index (χ0v) is 13.1. The molecule has 22 heavy (non-hydrogen) atoms. The second kappa shape index (κ2) is 4.31. The highest BCUT2D eigenvalue weighted by atomic mass is 79.9. The van der Waals surface area contributed by atoms with E-state index in [-0.39, 0.29) is 0 Å². The molecule has 3 aromatic carbocycles. The quantitative estimate of drug-likeness (QED) is 0.321. The van der Waals surface area contributed by atoms with E-state index in [4.69, 9.17) is 4.42 Å². The van der Waals surface area contributed by atoms with Crippen LogP contribution < -0.4 is 0 Å². The maximum atomic E-state index is 6.05. The zero-order chi connectivity index (χ0) is 14.7. The molecule has 0 spiro atoms. The van der Waals surface area contributed by atoms with Gasteiger partial charge in [0.05, 0.1) is 5.52 Å². The van der Waals surface area contributed by atoms with E-state index in [0.29, 0.717) is 5.89 Å². The molecule has 0 aliphatic carbocycles. The molecule has 2 heterocycles. The van der Waals surface area contributed by atoms with Gasteiger partial charge in [0, 0.05) is 20.8 Å². The van der Waals surface area contributed by atoms with Gasteiger partial charge >= 0.3 is 0 Å². The van der Waals surface area contributed by atoms with Gasteiger partial charge in [-0.15, -0.1) is 0 Å². The minimum Gasteiger partial charge on any atom is -0.438 e. The van der Waals surface area contributed by atoms with E-state index in [9.17, 15) is 0 Å². The van der Waals surface area contributed by atoms with E-state index in [1.54, 1.807) is 0 Å². The standard InChI is InChI=1S/C19H10BrNO/c20-12-6-7-17-14(9-12)16-10-15-13-4-2-1-3-11(13)5-8-18(15)22-19(16)21-17/h1-10H. The summed E-state index contributed by atoms with van der Waals surface area (Å²) in [6.07, 6.45) is 0. The van der Waals surface area contributed by atoms with Crippen molar-refractivity contribution in [1.82, 2.24) is 4.98 Å². The highest BCUT2D eigenvalue weighted by Gasteiger charge is 2.16. The minimum absolute atomic E-state index is 0.691. The minimum atomic E-state index is 0.691. The third kappa shape index (κ3) is 1.63. The van der Waals surface area contributed by atoms with Gasteiger partial charge in [0.1, 0.15) is 5.58 Å². The number of nitrogens with zero attached hydrogens (tertiary/aromatic N) is 1. The number of fused-ring (bicyclic) bond motifs is 6. The lowest BCUT2D eigenvalue weighted by molar-refractivity contribution is 0.605. The third-order valence-corrected chi connectivity index (χ3v) is 4.62. The van der Waals surface area contributed by atoms with Crippen LogP contribution in [0.4, 0.5) is 0 Å². The van der Waals surface area contributed by atoms with E-state index in [1.165, 1.54) is 10.8 Å². The summed E-state index contributed by atoms with van der Waals surface area (Å²) in [7, 11) is 0. The van der Waals surface area contributed by atoms with Crippen molar-refractivity contribution >= 4 is 48.6 Å². The summed E-state index contributed by atoms with van der Waals surface area (Å²) in [6, 6.07) is 20.8. The molecule has 2 nitrogen and oxygen atoms in total. The summed E-state index contributed by atoms with van der Waals surface area (Å²) >= 11 is 3.53. The van der Waals surface area contributed by atoms with Crippen molar-refractivity contribution in [3.8, 4) is 11.5 Å². The number of hydrogen-bond donors (Lipinski definition) is 0. The molecule has 0 unspecified atom stereocenters. The topological polar surface area (TPSA) is 26.0 Å². The molecule has 3 aromatic rings. The molecular formula is C19H10BrNO. The fourth-order valence-corrected chi connectivity index (χ4v) is 3.45. The van der Waals surface area contributed by atoms with E-state index in [2.05, 4.69) is 63.4 Å². The Balaban J connectivity index is 2.01. The number of halogens is 1. The number of rotatable bonds is 0. The summed E-state index contributed by atoms with van der Waals surface area (Å²) in [4.78, 5) is 4.60. The molecule has 0 fully saturated rings. The molecule has 0 N–H and O–H groups in total. The summed E-state index contributed by atoms with van der Waals surface area (Å²) in [6.45, 7) is 0. The summed E-state index contributed by atoms with van der Waals surface area (Å²) < 4.78 is 7.10.